The zero-order valence-electron chi connectivity index (χ0n) is 11.7. The average Bonchev–Trinajstić information content (AvgIpc) is 3.08. The van der Waals surface area contributed by atoms with Gasteiger partial charge in [0.15, 0.2) is 0 Å². The highest BCUT2D eigenvalue weighted by atomic mass is 16.6. The molecule has 108 valence electrons. The lowest BCUT2D eigenvalue weighted by Gasteiger charge is -2.26. The maximum atomic E-state index is 12.3. The molecule has 1 aliphatic heterocycles. The van der Waals surface area contributed by atoms with Gasteiger partial charge < -0.3 is 9.15 Å². The van der Waals surface area contributed by atoms with Crippen molar-refractivity contribution in [2.45, 2.75) is 19.4 Å². The number of ether oxygens (including phenoxy) is 1. The molecule has 0 bridgehead atoms. The summed E-state index contributed by atoms with van der Waals surface area (Å²) in [6.07, 6.45) is 5.18. The fraction of sp³-hybridized carbons (Fsp3) is 0.235. The first-order chi connectivity index (χ1) is 10.3. The molecule has 0 aliphatic carbocycles. The third-order valence-electron chi connectivity index (χ3n) is 3.41. The van der Waals surface area contributed by atoms with Gasteiger partial charge in [-0.05, 0) is 30.5 Å². The molecule has 2 aromatic rings. The maximum absolute atomic E-state index is 12.3. The summed E-state index contributed by atoms with van der Waals surface area (Å²) >= 11 is 0. The van der Waals surface area contributed by atoms with Crippen LogP contribution >= 0.6 is 0 Å². The Kier molecular flexibility index (Phi) is 4.05. The minimum atomic E-state index is -0.332. The minimum Gasteiger partial charge on any atom is -0.463 e. The van der Waals surface area contributed by atoms with E-state index in [1.807, 2.05) is 48.5 Å². The molecule has 1 aliphatic rings. The molecule has 0 radical (unpaired) electrons. The molecule has 1 amide bonds. The Balaban J connectivity index is 1.68. The van der Waals surface area contributed by atoms with Crippen molar-refractivity contribution in [3.05, 3.63) is 66.1 Å². The van der Waals surface area contributed by atoms with Crippen molar-refractivity contribution in [2.75, 3.05) is 6.54 Å². The van der Waals surface area contributed by atoms with Crippen LogP contribution in [0.15, 0.2) is 59.2 Å². The Bertz CT molecular complexity index is 617. The van der Waals surface area contributed by atoms with E-state index < -0.39 is 0 Å². The van der Waals surface area contributed by atoms with Crippen molar-refractivity contribution in [1.29, 1.82) is 0 Å². The molecule has 1 aromatic heterocycles. The number of nitrogens with zero attached hydrogens (tertiary/aromatic N) is 1. The van der Waals surface area contributed by atoms with E-state index in [9.17, 15) is 4.79 Å². The maximum Gasteiger partial charge on any atom is 0.414 e. The monoisotopic (exact) mass is 283 g/mol. The first-order valence-corrected chi connectivity index (χ1v) is 7.07. The molecule has 2 heterocycles. The van der Waals surface area contributed by atoms with E-state index in [-0.39, 0.29) is 12.7 Å². The Morgan fingerprint density at radius 2 is 2.05 bits per heavy atom. The van der Waals surface area contributed by atoms with Gasteiger partial charge in [-0.2, -0.15) is 0 Å². The summed E-state index contributed by atoms with van der Waals surface area (Å²) < 4.78 is 10.8. The highest BCUT2D eigenvalue weighted by Gasteiger charge is 2.24. The van der Waals surface area contributed by atoms with Crippen LogP contribution in [0.5, 0.6) is 0 Å². The van der Waals surface area contributed by atoms with Gasteiger partial charge in [0.1, 0.15) is 12.4 Å². The summed E-state index contributed by atoms with van der Waals surface area (Å²) in [6.45, 7) is 0.932. The first-order valence-electron chi connectivity index (χ1n) is 7.07. The van der Waals surface area contributed by atoms with E-state index in [1.54, 1.807) is 11.2 Å². The number of rotatable bonds is 3. The molecule has 21 heavy (non-hydrogen) atoms. The third kappa shape index (κ3) is 3.16. The number of benzene rings is 1. The SMILES string of the molecule is O=C(OCc1ccccc1)N1CCCC=C1c1ccco1. The number of hydrogen-bond donors (Lipinski definition) is 0. The number of furan rings is 1. The molecule has 0 spiro atoms. The van der Waals surface area contributed by atoms with Gasteiger partial charge in [-0.3, -0.25) is 4.90 Å². The second-order valence-electron chi connectivity index (χ2n) is 4.90. The standard InChI is InChI=1S/C17H17NO3/c19-17(21-13-14-7-2-1-3-8-14)18-11-5-4-9-15(18)16-10-6-12-20-16/h1-3,6-10,12H,4-5,11,13H2. The Morgan fingerprint density at radius 3 is 2.81 bits per heavy atom. The molecule has 3 rings (SSSR count). The van der Waals surface area contributed by atoms with E-state index in [1.165, 1.54) is 0 Å². The highest BCUT2D eigenvalue weighted by Crippen LogP contribution is 2.26. The van der Waals surface area contributed by atoms with Crippen LogP contribution in [-0.2, 0) is 11.3 Å². The first kappa shape index (κ1) is 13.5. The summed E-state index contributed by atoms with van der Waals surface area (Å²) in [7, 11) is 0. The van der Waals surface area contributed by atoms with Crippen LogP contribution in [-0.4, -0.2) is 17.5 Å². The van der Waals surface area contributed by atoms with Gasteiger partial charge in [0, 0.05) is 6.54 Å². The normalized spacial score (nSPS) is 14.7. The molecule has 0 saturated carbocycles. The lowest BCUT2D eigenvalue weighted by molar-refractivity contribution is 0.111. The average molecular weight is 283 g/mol. The van der Waals surface area contributed by atoms with E-state index in [2.05, 4.69) is 0 Å². The Morgan fingerprint density at radius 1 is 1.19 bits per heavy atom. The quantitative estimate of drug-likeness (QED) is 0.853. The number of allylic oxidation sites excluding steroid dienone is 1. The van der Waals surface area contributed by atoms with Gasteiger partial charge in [-0.25, -0.2) is 4.79 Å². The topological polar surface area (TPSA) is 42.7 Å². The smallest absolute Gasteiger partial charge is 0.414 e. The number of carbonyl (C=O) groups excluding carboxylic acids is 1. The van der Waals surface area contributed by atoms with Gasteiger partial charge >= 0.3 is 6.09 Å². The van der Waals surface area contributed by atoms with Crippen LogP contribution in [0.25, 0.3) is 5.70 Å². The summed E-state index contributed by atoms with van der Waals surface area (Å²) in [6, 6.07) is 13.3. The molecule has 4 heteroatoms. The fourth-order valence-corrected chi connectivity index (χ4v) is 2.36. The van der Waals surface area contributed by atoms with Crippen molar-refractivity contribution < 1.29 is 13.9 Å². The van der Waals surface area contributed by atoms with E-state index in [0.717, 1.165) is 24.1 Å². The summed E-state index contributed by atoms with van der Waals surface area (Å²) in [4.78, 5) is 13.9. The predicted molar refractivity (Wildman–Crippen MR) is 79.3 cm³/mol. The third-order valence-corrected chi connectivity index (χ3v) is 3.41. The van der Waals surface area contributed by atoms with Gasteiger partial charge in [-0.15, -0.1) is 0 Å². The molecular weight excluding hydrogens is 266 g/mol. The lowest BCUT2D eigenvalue weighted by atomic mass is 10.1. The van der Waals surface area contributed by atoms with Crippen LogP contribution < -0.4 is 0 Å². The zero-order chi connectivity index (χ0) is 14.5. The highest BCUT2D eigenvalue weighted by molar-refractivity contribution is 5.81. The van der Waals surface area contributed by atoms with Crippen LogP contribution in [0.1, 0.15) is 24.2 Å². The van der Waals surface area contributed by atoms with Crippen LogP contribution in [0.2, 0.25) is 0 Å². The second kappa shape index (κ2) is 6.31. The van der Waals surface area contributed by atoms with E-state index >= 15 is 0 Å². The molecule has 4 nitrogen and oxygen atoms in total. The van der Waals surface area contributed by atoms with Crippen LogP contribution in [0.4, 0.5) is 4.79 Å². The molecule has 0 N–H and O–H groups in total. The van der Waals surface area contributed by atoms with E-state index in [0.29, 0.717) is 12.3 Å². The summed E-state index contributed by atoms with van der Waals surface area (Å²) in [5.74, 6) is 0.700. The zero-order valence-corrected chi connectivity index (χ0v) is 11.7. The van der Waals surface area contributed by atoms with Crippen molar-refractivity contribution in [1.82, 2.24) is 4.90 Å². The Labute approximate surface area is 123 Å². The van der Waals surface area contributed by atoms with Gasteiger partial charge in [0.25, 0.3) is 0 Å². The van der Waals surface area contributed by atoms with E-state index in [4.69, 9.17) is 9.15 Å². The van der Waals surface area contributed by atoms with Crippen LogP contribution in [0, 0.1) is 0 Å². The van der Waals surface area contributed by atoms with Gasteiger partial charge in [0.2, 0.25) is 0 Å². The van der Waals surface area contributed by atoms with Crippen LogP contribution in [0.3, 0.4) is 0 Å². The molecule has 0 saturated heterocycles. The Hall–Kier alpha value is -2.49. The molecule has 0 fully saturated rings. The number of hydrogen-bond acceptors (Lipinski definition) is 3. The van der Waals surface area contributed by atoms with Crippen molar-refractivity contribution >= 4 is 11.8 Å². The van der Waals surface area contributed by atoms with Crippen molar-refractivity contribution in [3.8, 4) is 0 Å². The molecule has 1 aromatic carbocycles. The fourth-order valence-electron chi connectivity index (χ4n) is 2.36. The van der Waals surface area contributed by atoms with Gasteiger partial charge in [0.05, 0.1) is 12.0 Å². The largest absolute Gasteiger partial charge is 0.463 e. The summed E-state index contributed by atoms with van der Waals surface area (Å²) in [5.41, 5.74) is 1.77. The molecule has 0 atom stereocenters. The van der Waals surface area contributed by atoms with Crippen molar-refractivity contribution in [2.24, 2.45) is 0 Å². The van der Waals surface area contributed by atoms with Crippen molar-refractivity contribution in [3.63, 3.8) is 0 Å². The second-order valence-corrected chi connectivity index (χ2v) is 4.90. The number of carbonyl (C=O) groups is 1. The molecule has 0 unspecified atom stereocenters. The number of amides is 1. The predicted octanol–water partition coefficient (Wildman–Crippen LogP) is 4.05. The summed E-state index contributed by atoms with van der Waals surface area (Å²) in [5, 5.41) is 0. The lowest BCUT2D eigenvalue weighted by Crippen LogP contribution is -2.32. The molecular formula is C17H17NO3. The minimum absolute atomic E-state index is 0.279. The van der Waals surface area contributed by atoms with Gasteiger partial charge in [-0.1, -0.05) is 36.4 Å².